The molecule has 0 saturated heterocycles. The summed E-state index contributed by atoms with van der Waals surface area (Å²) < 4.78 is 37.0. The van der Waals surface area contributed by atoms with E-state index in [0.29, 0.717) is 35.5 Å². The molecule has 0 radical (unpaired) electrons. The van der Waals surface area contributed by atoms with Crippen LogP contribution in [0, 0.1) is 11.8 Å². The highest BCUT2D eigenvalue weighted by molar-refractivity contribution is 5.99. The van der Waals surface area contributed by atoms with Gasteiger partial charge in [-0.2, -0.15) is 13.2 Å². The Hall–Kier alpha value is -4.39. The fourth-order valence-corrected chi connectivity index (χ4v) is 4.46. The third-order valence-electron chi connectivity index (χ3n) is 6.70. The molecule has 6 N–H and O–H groups in total. The van der Waals surface area contributed by atoms with E-state index in [2.05, 4.69) is 10.6 Å². The maximum absolute atomic E-state index is 13.2. The number of nitrogens with two attached hydrogens (primary N) is 1. The van der Waals surface area contributed by atoms with Gasteiger partial charge in [-0.1, -0.05) is 30.3 Å². The number of hydrogen-bond donors (Lipinski definition) is 5. The number of nitrogens with one attached hydrogen (secondary N) is 2. The molecule has 1 aliphatic carbocycles. The molecule has 1 aliphatic rings. The zero-order valence-electron chi connectivity index (χ0n) is 21.8. The van der Waals surface area contributed by atoms with E-state index >= 15 is 0 Å². The summed E-state index contributed by atoms with van der Waals surface area (Å²) in [5, 5.41) is 22.6. The summed E-state index contributed by atoms with van der Waals surface area (Å²) in [7, 11) is 0. The van der Waals surface area contributed by atoms with Gasteiger partial charge in [-0.3, -0.25) is 9.59 Å². The second kappa shape index (κ2) is 13.8. The summed E-state index contributed by atoms with van der Waals surface area (Å²) in [6, 6.07) is 15.1. The number of carboxylic acid groups (broad SMARTS) is 2. The van der Waals surface area contributed by atoms with Crippen molar-refractivity contribution in [2.45, 2.75) is 44.3 Å². The number of halogens is 3. The first kappa shape index (κ1) is 31.1. The average molecular weight is 578 g/mol. The highest BCUT2D eigenvalue weighted by Crippen LogP contribution is 2.28. The number of aromatic carboxylic acids is 1. The zero-order chi connectivity index (χ0) is 30.2. The molecule has 0 unspecified atom stereocenters. The average Bonchev–Trinajstić information content (AvgIpc) is 3.37. The van der Waals surface area contributed by atoms with Crippen molar-refractivity contribution in [2.24, 2.45) is 17.6 Å². The first-order valence-corrected chi connectivity index (χ1v) is 12.8. The molecule has 3 aromatic rings. The van der Waals surface area contributed by atoms with Gasteiger partial charge in [-0.05, 0) is 68.0 Å². The van der Waals surface area contributed by atoms with Crippen LogP contribution in [0.2, 0.25) is 0 Å². The Labute approximate surface area is 232 Å². The first-order chi connectivity index (χ1) is 19.4. The van der Waals surface area contributed by atoms with Crippen molar-refractivity contribution >= 4 is 40.4 Å². The summed E-state index contributed by atoms with van der Waals surface area (Å²) in [5.74, 6) is -4.19. The lowest BCUT2D eigenvalue weighted by atomic mass is 9.81. The highest BCUT2D eigenvalue weighted by Gasteiger charge is 2.38. The standard InChI is InChI=1S/C26H29N3O5.C2HF3O2/c27-15-17-6-8-18(9-7-17)24(30)29-21(12-16-4-2-1-3-5-16)25(31)28-20-10-11-22-19(13-20)14-23(34-22)26(32)33;3-2(4,5)1(6)7/h1-5,10-11,13-14,17-18,21H,6-9,12,15,27H2,(H,28,31)(H,29,30)(H,32,33);(H,6,7)/t17?,18?,21-;/m0./s1. The quantitative estimate of drug-likeness (QED) is 0.265. The fraction of sp³-hybridized carbons (Fsp3) is 0.357. The van der Waals surface area contributed by atoms with Crippen molar-refractivity contribution < 1.29 is 47.0 Å². The van der Waals surface area contributed by atoms with Crippen LogP contribution in [0.5, 0.6) is 0 Å². The molecule has 1 saturated carbocycles. The molecule has 1 aromatic heterocycles. The van der Waals surface area contributed by atoms with Crippen molar-refractivity contribution in [3.63, 3.8) is 0 Å². The van der Waals surface area contributed by atoms with Gasteiger partial charge in [0.1, 0.15) is 11.6 Å². The number of alkyl halides is 3. The molecule has 13 heteroatoms. The lowest BCUT2D eigenvalue weighted by Gasteiger charge is -2.28. The molecule has 2 amide bonds. The molecule has 2 aromatic carbocycles. The molecular formula is C28H30F3N3O7. The number of rotatable bonds is 8. The minimum Gasteiger partial charge on any atom is -0.475 e. The minimum atomic E-state index is -5.08. The van der Waals surface area contributed by atoms with Gasteiger partial charge >= 0.3 is 18.1 Å². The van der Waals surface area contributed by atoms with E-state index in [4.69, 9.17) is 25.2 Å². The molecule has 10 nitrogen and oxygen atoms in total. The van der Waals surface area contributed by atoms with Gasteiger partial charge in [0.05, 0.1) is 0 Å². The van der Waals surface area contributed by atoms with Crippen molar-refractivity contribution in [2.75, 3.05) is 11.9 Å². The molecule has 1 atom stereocenters. The third kappa shape index (κ3) is 9.07. The lowest BCUT2D eigenvalue weighted by Crippen LogP contribution is -2.48. The second-order valence-electron chi connectivity index (χ2n) is 9.66. The summed E-state index contributed by atoms with van der Waals surface area (Å²) in [4.78, 5) is 46.3. The van der Waals surface area contributed by atoms with Crippen LogP contribution in [0.25, 0.3) is 11.0 Å². The van der Waals surface area contributed by atoms with Crippen LogP contribution in [0.3, 0.4) is 0 Å². The van der Waals surface area contributed by atoms with Crippen LogP contribution in [0.4, 0.5) is 18.9 Å². The molecule has 0 spiro atoms. The Morgan fingerprint density at radius 1 is 0.976 bits per heavy atom. The molecule has 1 heterocycles. The normalized spacial score (nSPS) is 17.6. The number of furan rings is 1. The summed E-state index contributed by atoms with van der Waals surface area (Å²) >= 11 is 0. The van der Waals surface area contributed by atoms with Crippen molar-refractivity contribution in [3.05, 3.63) is 65.9 Å². The number of benzene rings is 2. The number of fused-ring (bicyclic) bond motifs is 1. The number of carbonyl (C=O) groups is 4. The molecule has 0 bridgehead atoms. The number of carbonyl (C=O) groups excluding carboxylic acids is 2. The minimum absolute atomic E-state index is 0.108. The monoisotopic (exact) mass is 577 g/mol. The number of amides is 2. The van der Waals surface area contributed by atoms with E-state index in [9.17, 15) is 27.6 Å². The SMILES string of the molecule is NCC1CCC(C(=O)N[C@@H](Cc2ccccc2)C(=O)Nc2ccc3oc(C(=O)O)cc3c2)CC1.O=C(O)C(F)(F)F. The maximum Gasteiger partial charge on any atom is 0.490 e. The Kier molecular flexibility index (Phi) is 10.5. The number of carboxylic acids is 2. The predicted molar refractivity (Wildman–Crippen MR) is 142 cm³/mol. The fourth-order valence-electron chi connectivity index (χ4n) is 4.46. The molecule has 1 fully saturated rings. The van der Waals surface area contributed by atoms with Crippen LogP contribution >= 0.6 is 0 Å². The van der Waals surface area contributed by atoms with Crippen molar-refractivity contribution in [3.8, 4) is 0 Å². The lowest BCUT2D eigenvalue weighted by molar-refractivity contribution is -0.192. The van der Waals surface area contributed by atoms with Crippen LogP contribution < -0.4 is 16.4 Å². The van der Waals surface area contributed by atoms with Gasteiger partial charge in [-0.15, -0.1) is 0 Å². The van der Waals surface area contributed by atoms with Gasteiger partial charge < -0.3 is 31.0 Å². The molecule has 220 valence electrons. The van der Waals surface area contributed by atoms with E-state index in [-0.39, 0.29) is 23.5 Å². The predicted octanol–water partition coefficient (Wildman–Crippen LogP) is 4.20. The van der Waals surface area contributed by atoms with Crippen LogP contribution in [0.1, 0.15) is 41.8 Å². The Morgan fingerprint density at radius 3 is 2.17 bits per heavy atom. The van der Waals surface area contributed by atoms with Crippen molar-refractivity contribution in [1.82, 2.24) is 5.32 Å². The number of anilines is 1. The van der Waals surface area contributed by atoms with E-state index in [1.807, 2.05) is 30.3 Å². The van der Waals surface area contributed by atoms with Gasteiger partial charge in [-0.25, -0.2) is 9.59 Å². The topological polar surface area (TPSA) is 172 Å². The molecular weight excluding hydrogens is 547 g/mol. The first-order valence-electron chi connectivity index (χ1n) is 12.8. The zero-order valence-corrected chi connectivity index (χ0v) is 21.8. The van der Waals surface area contributed by atoms with E-state index in [1.54, 1.807) is 18.2 Å². The van der Waals surface area contributed by atoms with Crippen molar-refractivity contribution in [1.29, 1.82) is 0 Å². The summed E-state index contributed by atoms with van der Waals surface area (Å²) in [5.41, 5.74) is 7.61. The number of aliphatic carboxylic acids is 1. The second-order valence-corrected chi connectivity index (χ2v) is 9.66. The van der Waals surface area contributed by atoms with Gasteiger partial charge in [0.25, 0.3) is 0 Å². The van der Waals surface area contributed by atoms with E-state index in [0.717, 1.165) is 31.2 Å². The Balaban J connectivity index is 0.000000587. The summed E-state index contributed by atoms with van der Waals surface area (Å²) in [6.07, 6.45) is -1.33. The molecule has 4 rings (SSSR count). The Morgan fingerprint density at radius 2 is 1.61 bits per heavy atom. The van der Waals surface area contributed by atoms with Gasteiger partial charge in [0, 0.05) is 23.4 Å². The Bertz CT molecular complexity index is 1370. The largest absolute Gasteiger partial charge is 0.490 e. The highest BCUT2D eigenvalue weighted by atomic mass is 19.4. The van der Waals surface area contributed by atoms with Gasteiger partial charge in [0.2, 0.25) is 17.6 Å². The maximum atomic E-state index is 13.2. The third-order valence-corrected chi connectivity index (χ3v) is 6.70. The van der Waals surface area contributed by atoms with E-state index < -0.39 is 24.2 Å². The smallest absolute Gasteiger partial charge is 0.475 e. The molecule has 41 heavy (non-hydrogen) atoms. The van der Waals surface area contributed by atoms with Gasteiger partial charge in [0.15, 0.2) is 0 Å². The summed E-state index contributed by atoms with van der Waals surface area (Å²) in [6.45, 7) is 0.641. The van der Waals surface area contributed by atoms with Crippen LogP contribution in [0.15, 0.2) is 59.0 Å². The van der Waals surface area contributed by atoms with E-state index in [1.165, 1.54) is 6.07 Å². The van der Waals surface area contributed by atoms with Crippen LogP contribution in [-0.2, 0) is 20.8 Å². The number of hydrogen-bond acceptors (Lipinski definition) is 6. The molecule has 0 aliphatic heterocycles. The van der Waals surface area contributed by atoms with Crippen LogP contribution in [-0.4, -0.2) is 52.7 Å².